The summed E-state index contributed by atoms with van der Waals surface area (Å²) in [7, 11) is 1.56. The lowest BCUT2D eigenvalue weighted by Gasteiger charge is -2.08. The quantitative estimate of drug-likeness (QED) is 0.462. The minimum absolute atomic E-state index is 0.0162. The Bertz CT molecular complexity index is 890. The lowest BCUT2D eigenvalue weighted by molar-refractivity contribution is 0.101. The SMILES string of the molecule is COc1ccccc1C(=O)CSc1ccc(NC(=O)c2cccs2)cc1. The summed E-state index contributed by atoms with van der Waals surface area (Å²) >= 11 is 2.85. The molecule has 0 bridgehead atoms. The zero-order chi connectivity index (χ0) is 18.4. The molecular weight excluding hydrogens is 366 g/mol. The molecular formula is C20H17NO3S2. The molecule has 26 heavy (non-hydrogen) atoms. The third-order valence-corrected chi connectivity index (χ3v) is 5.52. The lowest BCUT2D eigenvalue weighted by Crippen LogP contribution is -2.09. The fourth-order valence-corrected chi connectivity index (χ4v) is 3.74. The second kappa shape index (κ2) is 8.69. The molecule has 0 spiro atoms. The molecule has 0 unspecified atom stereocenters. The van der Waals surface area contributed by atoms with Gasteiger partial charge in [0.15, 0.2) is 5.78 Å². The van der Waals surface area contributed by atoms with Crippen LogP contribution in [0.1, 0.15) is 20.0 Å². The molecule has 0 saturated carbocycles. The third kappa shape index (κ3) is 4.53. The number of para-hydroxylation sites is 1. The molecule has 4 nitrogen and oxygen atoms in total. The van der Waals surface area contributed by atoms with Crippen molar-refractivity contribution in [2.45, 2.75) is 4.90 Å². The molecule has 0 saturated heterocycles. The van der Waals surface area contributed by atoms with Gasteiger partial charge in [0.2, 0.25) is 0 Å². The Hall–Kier alpha value is -2.57. The number of nitrogens with one attached hydrogen (secondary N) is 1. The predicted octanol–water partition coefficient (Wildman–Crippen LogP) is 4.98. The van der Waals surface area contributed by atoms with Crippen molar-refractivity contribution >= 4 is 40.5 Å². The summed E-state index contributed by atoms with van der Waals surface area (Å²) in [5, 5.41) is 4.72. The highest BCUT2D eigenvalue weighted by Gasteiger charge is 2.12. The number of hydrogen-bond donors (Lipinski definition) is 1. The van der Waals surface area contributed by atoms with Crippen molar-refractivity contribution in [2.75, 3.05) is 18.2 Å². The molecule has 0 radical (unpaired) electrons. The van der Waals surface area contributed by atoms with Crippen molar-refractivity contribution in [2.24, 2.45) is 0 Å². The average Bonchev–Trinajstić information content (AvgIpc) is 3.22. The summed E-state index contributed by atoms with van der Waals surface area (Å²) in [4.78, 5) is 26.0. The van der Waals surface area contributed by atoms with Gasteiger partial charge in [-0.25, -0.2) is 0 Å². The van der Waals surface area contributed by atoms with E-state index < -0.39 is 0 Å². The summed E-state index contributed by atoms with van der Waals surface area (Å²) in [6, 6.07) is 18.3. The van der Waals surface area contributed by atoms with Crippen LogP contribution in [-0.4, -0.2) is 24.6 Å². The molecule has 2 aromatic carbocycles. The molecule has 1 N–H and O–H groups in total. The minimum atomic E-state index is -0.119. The van der Waals surface area contributed by atoms with E-state index in [9.17, 15) is 9.59 Å². The number of thioether (sulfide) groups is 1. The zero-order valence-corrected chi connectivity index (χ0v) is 15.7. The Labute approximate surface area is 160 Å². The van der Waals surface area contributed by atoms with E-state index in [1.807, 2.05) is 47.8 Å². The van der Waals surface area contributed by atoms with Crippen LogP contribution in [0.25, 0.3) is 0 Å². The first-order valence-electron chi connectivity index (χ1n) is 7.91. The normalized spacial score (nSPS) is 10.3. The van der Waals surface area contributed by atoms with Crippen LogP contribution >= 0.6 is 23.1 Å². The molecule has 0 fully saturated rings. The molecule has 1 aromatic heterocycles. The Morgan fingerprint density at radius 3 is 2.50 bits per heavy atom. The number of amides is 1. The van der Waals surface area contributed by atoms with Crippen LogP contribution in [0, 0.1) is 0 Å². The Morgan fingerprint density at radius 2 is 1.81 bits per heavy atom. The number of ether oxygens (including phenoxy) is 1. The van der Waals surface area contributed by atoms with E-state index in [2.05, 4.69) is 5.32 Å². The number of hydrogen-bond acceptors (Lipinski definition) is 5. The van der Waals surface area contributed by atoms with Gasteiger partial charge in [0, 0.05) is 10.6 Å². The molecule has 0 aliphatic heterocycles. The van der Waals surface area contributed by atoms with Crippen molar-refractivity contribution < 1.29 is 14.3 Å². The molecule has 1 amide bonds. The first-order valence-corrected chi connectivity index (χ1v) is 9.78. The number of ketones is 1. The van der Waals surface area contributed by atoms with E-state index in [4.69, 9.17) is 4.74 Å². The maximum absolute atomic E-state index is 12.4. The average molecular weight is 383 g/mol. The standard InChI is InChI=1S/C20H17NO3S2/c1-24-18-6-3-2-5-16(18)17(22)13-26-15-10-8-14(9-11-15)21-20(23)19-7-4-12-25-19/h2-12H,13H2,1H3,(H,21,23). The highest BCUT2D eigenvalue weighted by molar-refractivity contribution is 8.00. The highest BCUT2D eigenvalue weighted by atomic mass is 32.2. The van der Waals surface area contributed by atoms with E-state index in [0.717, 1.165) is 10.6 Å². The van der Waals surface area contributed by atoms with Crippen molar-refractivity contribution in [3.05, 3.63) is 76.5 Å². The number of anilines is 1. The largest absolute Gasteiger partial charge is 0.496 e. The Kier molecular flexibility index (Phi) is 6.09. The van der Waals surface area contributed by atoms with E-state index in [1.54, 1.807) is 25.3 Å². The van der Waals surface area contributed by atoms with Crippen LogP contribution in [-0.2, 0) is 0 Å². The van der Waals surface area contributed by atoms with E-state index in [1.165, 1.54) is 23.1 Å². The molecule has 6 heteroatoms. The zero-order valence-electron chi connectivity index (χ0n) is 14.1. The second-order valence-corrected chi connectivity index (χ2v) is 7.36. The highest BCUT2D eigenvalue weighted by Crippen LogP contribution is 2.24. The molecule has 3 rings (SSSR count). The van der Waals surface area contributed by atoms with Crippen molar-refractivity contribution in [3.8, 4) is 5.75 Å². The van der Waals surface area contributed by atoms with E-state index >= 15 is 0 Å². The van der Waals surface area contributed by atoms with Gasteiger partial charge in [0.05, 0.1) is 23.3 Å². The van der Waals surface area contributed by atoms with Crippen molar-refractivity contribution in [3.63, 3.8) is 0 Å². The summed E-state index contributed by atoms with van der Waals surface area (Å²) in [5.41, 5.74) is 1.31. The summed E-state index contributed by atoms with van der Waals surface area (Å²) in [6.07, 6.45) is 0. The second-order valence-electron chi connectivity index (χ2n) is 5.37. The van der Waals surface area contributed by atoms with Gasteiger partial charge < -0.3 is 10.1 Å². The van der Waals surface area contributed by atoms with Gasteiger partial charge in [0.25, 0.3) is 5.91 Å². The predicted molar refractivity (Wildman–Crippen MR) is 107 cm³/mol. The maximum atomic E-state index is 12.4. The van der Waals surface area contributed by atoms with Gasteiger partial charge in [-0.1, -0.05) is 18.2 Å². The van der Waals surface area contributed by atoms with Gasteiger partial charge in [-0.15, -0.1) is 23.1 Å². The molecule has 132 valence electrons. The van der Waals surface area contributed by atoms with E-state index in [0.29, 0.717) is 21.9 Å². The topological polar surface area (TPSA) is 55.4 Å². The molecule has 0 aliphatic rings. The number of benzene rings is 2. The maximum Gasteiger partial charge on any atom is 0.265 e. The van der Waals surface area contributed by atoms with Crippen LogP contribution in [0.5, 0.6) is 5.75 Å². The fraction of sp³-hybridized carbons (Fsp3) is 0.100. The van der Waals surface area contributed by atoms with Crippen LogP contribution in [0.4, 0.5) is 5.69 Å². The smallest absolute Gasteiger partial charge is 0.265 e. The first-order chi connectivity index (χ1) is 12.7. The summed E-state index contributed by atoms with van der Waals surface area (Å²) < 4.78 is 5.23. The number of Topliss-reactive ketones (excluding diaryl/α,β-unsaturated/α-hetero) is 1. The van der Waals surface area contributed by atoms with Crippen LogP contribution in [0.15, 0.2) is 70.9 Å². The number of carbonyl (C=O) groups is 2. The molecule has 3 aromatic rings. The van der Waals surface area contributed by atoms with E-state index in [-0.39, 0.29) is 11.7 Å². The minimum Gasteiger partial charge on any atom is -0.496 e. The van der Waals surface area contributed by atoms with Gasteiger partial charge in [-0.3, -0.25) is 9.59 Å². The lowest BCUT2D eigenvalue weighted by atomic mass is 10.1. The third-order valence-electron chi connectivity index (χ3n) is 3.63. The van der Waals surface area contributed by atoms with Crippen LogP contribution in [0.2, 0.25) is 0 Å². The fourth-order valence-electron chi connectivity index (χ4n) is 2.34. The molecule has 0 aliphatic carbocycles. The van der Waals surface area contributed by atoms with Crippen molar-refractivity contribution in [1.82, 2.24) is 0 Å². The number of methoxy groups -OCH3 is 1. The van der Waals surface area contributed by atoms with Gasteiger partial charge >= 0.3 is 0 Å². The first kappa shape index (κ1) is 18.2. The summed E-state index contributed by atoms with van der Waals surface area (Å²) in [6.45, 7) is 0. The molecule has 1 heterocycles. The Balaban J connectivity index is 1.57. The van der Waals surface area contributed by atoms with Crippen molar-refractivity contribution in [1.29, 1.82) is 0 Å². The van der Waals surface area contributed by atoms with Gasteiger partial charge in [-0.2, -0.15) is 0 Å². The van der Waals surface area contributed by atoms with Gasteiger partial charge in [0.1, 0.15) is 5.75 Å². The van der Waals surface area contributed by atoms with Crippen LogP contribution in [0.3, 0.4) is 0 Å². The number of carbonyl (C=O) groups excluding carboxylic acids is 2. The number of rotatable bonds is 7. The summed E-state index contributed by atoms with van der Waals surface area (Å²) in [5.74, 6) is 0.806. The molecule has 0 atom stereocenters. The number of thiophene rings is 1. The van der Waals surface area contributed by atoms with Crippen LogP contribution < -0.4 is 10.1 Å². The Morgan fingerprint density at radius 1 is 1.04 bits per heavy atom. The van der Waals surface area contributed by atoms with Gasteiger partial charge in [-0.05, 0) is 47.8 Å². The monoisotopic (exact) mass is 383 g/mol.